The van der Waals surface area contributed by atoms with Crippen molar-refractivity contribution in [1.29, 1.82) is 0 Å². The van der Waals surface area contributed by atoms with Gasteiger partial charge in [0.05, 0.1) is 11.9 Å². The van der Waals surface area contributed by atoms with Crippen LogP contribution in [0.3, 0.4) is 0 Å². The van der Waals surface area contributed by atoms with Gasteiger partial charge in [0, 0.05) is 12.3 Å². The van der Waals surface area contributed by atoms with Gasteiger partial charge in [-0.2, -0.15) is 0 Å². The molecule has 0 aromatic heterocycles. The van der Waals surface area contributed by atoms with Crippen LogP contribution in [0.15, 0.2) is 24.3 Å². The van der Waals surface area contributed by atoms with Crippen LogP contribution in [0, 0.1) is 0 Å². The molecule has 0 radical (unpaired) electrons. The second-order valence-electron chi connectivity index (χ2n) is 4.73. The van der Waals surface area contributed by atoms with Gasteiger partial charge < -0.3 is 0 Å². The number of anilines is 1. The van der Waals surface area contributed by atoms with Crippen LogP contribution in [0.25, 0.3) is 0 Å². The molecular weight excluding hydrogens is 250 g/mol. The van der Waals surface area contributed by atoms with Crippen molar-refractivity contribution in [2.75, 3.05) is 11.0 Å². The summed E-state index contributed by atoms with van der Waals surface area (Å²) in [6.07, 6.45) is 4.48. The van der Waals surface area contributed by atoms with Crippen LogP contribution >= 0.6 is 0 Å². The summed E-state index contributed by atoms with van der Waals surface area (Å²) in [6.45, 7) is 0. The van der Waals surface area contributed by atoms with Crippen LogP contribution in [0.4, 0.5) is 5.69 Å². The minimum Gasteiger partial charge on any atom is -0.299 e. The molecule has 98 valence electrons. The first-order valence-electron chi connectivity index (χ1n) is 6.07. The number of carbonyl (C=O) groups is 1. The first kappa shape index (κ1) is 13.1. The molecule has 1 fully saturated rings. The fourth-order valence-corrected chi connectivity index (χ4v) is 2.99. The van der Waals surface area contributed by atoms with Crippen molar-refractivity contribution in [2.24, 2.45) is 0 Å². The standard InChI is InChI=1S/C13H17NO3S/c1-18(16,17)14-12-8-4-2-6-10(12)11-7-3-5-9-13(11)15/h2,4,6,8,11,14H,3,5,7,9H2,1H3. The van der Waals surface area contributed by atoms with Crippen LogP contribution < -0.4 is 4.72 Å². The summed E-state index contributed by atoms with van der Waals surface area (Å²) < 4.78 is 25.1. The van der Waals surface area contributed by atoms with Crippen molar-refractivity contribution < 1.29 is 13.2 Å². The molecule has 1 aromatic rings. The zero-order valence-corrected chi connectivity index (χ0v) is 11.2. The smallest absolute Gasteiger partial charge is 0.229 e. The number of carbonyl (C=O) groups excluding carboxylic acids is 1. The predicted octanol–water partition coefficient (Wildman–Crippen LogP) is 2.28. The fraction of sp³-hybridized carbons (Fsp3) is 0.462. The summed E-state index contributed by atoms with van der Waals surface area (Å²) in [7, 11) is -3.32. The first-order valence-corrected chi connectivity index (χ1v) is 7.96. The van der Waals surface area contributed by atoms with E-state index in [0.717, 1.165) is 31.1 Å². The lowest BCUT2D eigenvalue weighted by Gasteiger charge is -2.23. The monoisotopic (exact) mass is 267 g/mol. The number of ketones is 1. The van der Waals surface area contributed by atoms with Crippen molar-refractivity contribution in [1.82, 2.24) is 0 Å². The Balaban J connectivity index is 2.35. The summed E-state index contributed by atoms with van der Waals surface area (Å²) in [4.78, 5) is 11.9. The Hall–Kier alpha value is -1.36. The molecular formula is C13H17NO3S. The van der Waals surface area contributed by atoms with Crippen LogP contribution in [0.5, 0.6) is 0 Å². The van der Waals surface area contributed by atoms with E-state index >= 15 is 0 Å². The van der Waals surface area contributed by atoms with E-state index in [1.165, 1.54) is 0 Å². The van der Waals surface area contributed by atoms with Gasteiger partial charge in [0.1, 0.15) is 5.78 Å². The maximum Gasteiger partial charge on any atom is 0.229 e. The molecule has 1 atom stereocenters. The van der Waals surface area contributed by atoms with E-state index in [4.69, 9.17) is 0 Å². The molecule has 0 heterocycles. The third-order valence-corrected chi connectivity index (χ3v) is 3.78. The second kappa shape index (κ2) is 5.10. The Morgan fingerprint density at radius 3 is 2.61 bits per heavy atom. The van der Waals surface area contributed by atoms with Gasteiger partial charge in [0.15, 0.2) is 0 Å². The van der Waals surface area contributed by atoms with Crippen molar-refractivity contribution in [2.45, 2.75) is 31.6 Å². The van der Waals surface area contributed by atoms with Crippen LogP contribution in [0.1, 0.15) is 37.2 Å². The van der Waals surface area contributed by atoms with Crippen molar-refractivity contribution in [3.05, 3.63) is 29.8 Å². The minimum atomic E-state index is -3.32. The number of nitrogens with one attached hydrogen (secondary N) is 1. The zero-order valence-electron chi connectivity index (χ0n) is 10.3. The highest BCUT2D eigenvalue weighted by molar-refractivity contribution is 7.92. The third kappa shape index (κ3) is 3.10. The topological polar surface area (TPSA) is 63.2 Å². The van der Waals surface area contributed by atoms with Gasteiger partial charge in [-0.15, -0.1) is 0 Å². The first-order chi connectivity index (χ1) is 8.47. The van der Waals surface area contributed by atoms with Crippen molar-refractivity contribution >= 4 is 21.5 Å². The Morgan fingerprint density at radius 2 is 1.94 bits per heavy atom. The van der Waals surface area contributed by atoms with Gasteiger partial charge in [-0.3, -0.25) is 9.52 Å². The number of hydrogen-bond acceptors (Lipinski definition) is 3. The van der Waals surface area contributed by atoms with Gasteiger partial charge >= 0.3 is 0 Å². The lowest BCUT2D eigenvalue weighted by molar-refractivity contribution is -0.121. The largest absolute Gasteiger partial charge is 0.299 e. The zero-order chi connectivity index (χ0) is 13.2. The van der Waals surface area contributed by atoms with E-state index in [0.29, 0.717) is 12.1 Å². The lowest BCUT2D eigenvalue weighted by Crippen LogP contribution is -2.19. The van der Waals surface area contributed by atoms with E-state index in [-0.39, 0.29) is 11.7 Å². The summed E-state index contributed by atoms with van der Waals surface area (Å²) in [5, 5.41) is 0. The Labute approximate surface area is 107 Å². The van der Waals surface area contributed by atoms with Gasteiger partial charge in [-0.05, 0) is 24.5 Å². The number of benzene rings is 1. The lowest BCUT2D eigenvalue weighted by atomic mass is 9.82. The molecule has 4 nitrogen and oxygen atoms in total. The van der Waals surface area contributed by atoms with Crippen LogP contribution in [0.2, 0.25) is 0 Å². The predicted molar refractivity (Wildman–Crippen MR) is 71.1 cm³/mol. The molecule has 1 aliphatic rings. The molecule has 1 aliphatic carbocycles. The summed E-state index contributed by atoms with van der Waals surface area (Å²) in [5.41, 5.74) is 1.33. The fourth-order valence-electron chi connectivity index (χ4n) is 2.41. The summed E-state index contributed by atoms with van der Waals surface area (Å²) in [5.74, 6) is 0.0493. The van der Waals surface area contributed by atoms with E-state index in [1.807, 2.05) is 12.1 Å². The molecule has 0 aliphatic heterocycles. The number of para-hydroxylation sites is 1. The quantitative estimate of drug-likeness (QED) is 0.913. The van der Waals surface area contributed by atoms with Crippen LogP contribution in [-0.2, 0) is 14.8 Å². The van der Waals surface area contributed by atoms with Gasteiger partial charge in [0.2, 0.25) is 10.0 Å². The number of sulfonamides is 1. The molecule has 5 heteroatoms. The maximum absolute atomic E-state index is 11.9. The molecule has 2 rings (SSSR count). The third-order valence-electron chi connectivity index (χ3n) is 3.19. The molecule has 0 saturated heterocycles. The molecule has 1 aromatic carbocycles. The SMILES string of the molecule is CS(=O)(=O)Nc1ccccc1C1CCCCC1=O. The Bertz CT molecular complexity index is 551. The number of Topliss-reactive ketones (excluding diaryl/α,β-unsaturated/α-hetero) is 1. The highest BCUT2D eigenvalue weighted by Crippen LogP contribution is 2.34. The van der Waals surface area contributed by atoms with Crippen LogP contribution in [-0.4, -0.2) is 20.5 Å². The average molecular weight is 267 g/mol. The van der Waals surface area contributed by atoms with E-state index in [9.17, 15) is 13.2 Å². The molecule has 1 N–H and O–H groups in total. The van der Waals surface area contributed by atoms with Crippen molar-refractivity contribution in [3.8, 4) is 0 Å². The average Bonchev–Trinajstić information content (AvgIpc) is 2.29. The second-order valence-corrected chi connectivity index (χ2v) is 6.47. The Morgan fingerprint density at radius 1 is 1.22 bits per heavy atom. The normalized spacial score (nSPS) is 20.7. The number of rotatable bonds is 3. The summed E-state index contributed by atoms with van der Waals surface area (Å²) >= 11 is 0. The highest BCUT2D eigenvalue weighted by atomic mass is 32.2. The highest BCUT2D eigenvalue weighted by Gasteiger charge is 2.26. The molecule has 1 saturated carbocycles. The molecule has 0 spiro atoms. The van der Waals surface area contributed by atoms with E-state index < -0.39 is 10.0 Å². The van der Waals surface area contributed by atoms with Crippen molar-refractivity contribution in [3.63, 3.8) is 0 Å². The Kier molecular flexibility index (Phi) is 3.71. The maximum atomic E-state index is 11.9. The van der Waals surface area contributed by atoms with E-state index in [2.05, 4.69) is 4.72 Å². The number of hydrogen-bond donors (Lipinski definition) is 1. The molecule has 0 amide bonds. The van der Waals surface area contributed by atoms with Gasteiger partial charge in [-0.1, -0.05) is 24.6 Å². The summed E-state index contributed by atoms with van der Waals surface area (Å²) in [6, 6.07) is 7.15. The van der Waals surface area contributed by atoms with Gasteiger partial charge in [-0.25, -0.2) is 8.42 Å². The molecule has 1 unspecified atom stereocenters. The molecule has 18 heavy (non-hydrogen) atoms. The van der Waals surface area contributed by atoms with Gasteiger partial charge in [0.25, 0.3) is 0 Å². The van der Waals surface area contributed by atoms with E-state index in [1.54, 1.807) is 12.1 Å². The minimum absolute atomic E-state index is 0.163. The molecule has 0 bridgehead atoms.